The zero-order chi connectivity index (χ0) is 11.4. The maximum atomic E-state index is 11.2. The summed E-state index contributed by atoms with van der Waals surface area (Å²) in [6.07, 6.45) is 4.01. The second-order valence-electron chi connectivity index (χ2n) is 4.15. The zero-order valence-electron chi connectivity index (χ0n) is 9.13. The minimum absolute atomic E-state index is 0.329. The molecule has 0 amide bonds. The molecular weight excluding hydrogens is 224 g/mol. The van der Waals surface area contributed by atoms with Crippen LogP contribution in [0.25, 0.3) is 0 Å². The van der Waals surface area contributed by atoms with E-state index in [1.165, 1.54) is 0 Å². The number of nitrogens with zero attached hydrogens (tertiary/aromatic N) is 2. The average molecular weight is 240 g/mol. The first-order valence-electron chi connectivity index (χ1n) is 5.61. The molecule has 0 radical (unpaired) electrons. The van der Waals surface area contributed by atoms with Crippen molar-refractivity contribution < 1.29 is 9.90 Å². The Kier molecular flexibility index (Phi) is 3.90. The fourth-order valence-corrected chi connectivity index (χ4v) is 2.71. The van der Waals surface area contributed by atoms with E-state index in [2.05, 4.69) is 4.98 Å². The Morgan fingerprint density at radius 2 is 2.44 bits per heavy atom. The topological polar surface area (TPSA) is 53.4 Å². The molecule has 16 heavy (non-hydrogen) atoms. The second kappa shape index (κ2) is 5.41. The highest BCUT2D eigenvalue weighted by Crippen LogP contribution is 2.19. The van der Waals surface area contributed by atoms with E-state index in [1.54, 1.807) is 16.8 Å². The molecular formula is C11H16N2O2S. The van der Waals surface area contributed by atoms with Crippen LogP contribution in [-0.2, 0) is 11.3 Å². The SMILES string of the molecule is O=C(O)C1CCCCCN1Cc1cscn1. The number of carbonyl (C=O) groups is 1. The molecule has 1 atom stereocenters. The molecule has 1 fully saturated rings. The van der Waals surface area contributed by atoms with E-state index in [0.717, 1.165) is 37.9 Å². The standard InChI is InChI=1S/C11H16N2O2S/c14-11(15)10-4-2-1-3-5-13(10)6-9-7-16-8-12-9/h7-8,10H,1-6H2,(H,14,15). The molecule has 2 heterocycles. The summed E-state index contributed by atoms with van der Waals surface area (Å²) >= 11 is 1.56. The Hall–Kier alpha value is -0.940. The van der Waals surface area contributed by atoms with Gasteiger partial charge in [-0.25, -0.2) is 4.98 Å². The molecule has 5 heteroatoms. The smallest absolute Gasteiger partial charge is 0.320 e. The number of rotatable bonds is 3. The number of hydrogen-bond donors (Lipinski definition) is 1. The van der Waals surface area contributed by atoms with Crippen LogP contribution in [0.4, 0.5) is 0 Å². The molecule has 88 valence electrons. The van der Waals surface area contributed by atoms with E-state index < -0.39 is 5.97 Å². The van der Waals surface area contributed by atoms with Gasteiger partial charge < -0.3 is 5.11 Å². The third-order valence-corrected chi connectivity index (χ3v) is 3.63. The molecule has 1 aliphatic rings. The van der Waals surface area contributed by atoms with Gasteiger partial charge in [-0.2, -0.15) is 0 Å². The normalized spacial score (nSPS) is 22.9. The van der Waals surface area contributed by atoms with Gasteiger partial charge in [0.05, 0.1) is 11.2 Å². The fraction of sp³-hybridized carbons (Fsp3) is 0.636. The minimum atomic E-state index is -0.697. The van der Waals surface area contributed by atoms with Crippen molar-refractivity contribution in [2.75, 3.05) is 6.54 Å². The predicted molar refractivity (Wildman–Crippen MR) is 62.4 cm³/mol. The van der Waals surface area contributed by atoms with Crippen LogP contribution >= 0.6 is 11.3 Å². The summed E-state index contributed by atoms with van der Waals surface area (Å²) < 4.78 is 0. The lowest BCUT2D eigenvalue weighted by Gasteiger charge is -2.25. The summed E-state index contributed by atoms with van der Waals surface area (Å²) in [5.74, 6) is -0.697. The summed E-state index contributed by atoms with van der Waals surface area (Å²) in [6.45, 7) is 1.54. The van der Waals surface area contributed by atoms with Crippen molar-refractivity contribution in [2.45, 2.75) is 38.3 Å². The van der Waals surface area contributed by atoms with E-state index in [4.69, 9.17) is 0 Å². The van der Waals surface area contributed by atoms with Crippen LogP contribution in [0.15, 0.2) is 10.9 Å². The quantitative estimate of drug-likeness (QED) is 0.877. The highest BCUT2D eigenvalue weighted by molar-refractivity contribution is 7.07. The van der Waals surface area contributed by atoms with Gasteiger partial charge in [0, 0.05) is 11.9 Å². The van der Waals surface area contributed by atoms with Crippen molar-refractivity contribution in [2.24, 2.45) is 0 Å². The molecule has 1 N–H and O–H groups in total. The highest BCUT2D eigenvalue weighted by atomic mass is 32.1. The molecule has 0 bridgehead atoms. The first-order valence-corrected chi connectivity index (χ1v) is 6.55. The molecule has 1 aromatic heterocycles. The largest absolute Gasteiger partial charge is 0.480 e. The van der Waals surface area contributed by atoms with E-state index in [9.17, 15) is 9.90 Å². The molecule has 0 spiro atoms. The van der Waals surface area contributed by atoms with Crippen molar-refractivity contribution in [1.29, 1.82) is 0 Å². The zero-order valence-corrected chi connectivity index (χ0v) is 9.95. The molecule has 0 aromatic carbocycles. The predicted octanol–water partition coefficient (Wildman–Crippen LogP) is 1.97. The molecule has 4 nitrogen and oxygen atoms in total. The summed E-state index contributed by atoms with van der Waals surface area (Å²) in [7, 11) is 0. The van der Waals surface area contributed by atoms with Gasteiger partial charge in [-0.3, -0.25) is 9.69 Å². The van der Waals surface area contributed by atoms with Crippen LogP contribution in [0.5, 0.6) is 0 Å². The summed E-state index contributed by atoms with van der Waals surface area (Å²) in [4.78, 5) is 17.5. The molecule has 1 aliphatic heterocycles. The van der Waals surface area contributed by atoms with Gasteiger partial charge in [0.25, 0.3) is 0 Å². The Balaban J connectivity index is 2.05. The second-order valence-corrected chi connectivity index (χ2v) is 4.87. The number of aliphatic carboxylic acids is 1. The lowest BCUT2D eigenvalue weighted by molar-refractivity contribution is -0.143. The number of hydrogen-bond acceptors (Lipinski definition) is 4. The fourth-order valence-electron chi connectivity index (χ4n) is 2.16. The highest BCUT2D eigenvalue weighted by Gasteiger charge is 2.27. The molecule has 1 aromatic rings. The molecule has 0 aliphatic carbocycles. The number of carboxylic acids is 1. The number of likely N-dealkylation sites (tertiary alicyclic amines) is 1. The van der Waals surface area contributed by atoms with Crippen molar-refractivity contribution in [3.05, 3.63) is 16.6 Å². The van der Waals surface area contributed by atoms with Crippen molar-refractivity contribution >= 4 is 17.3 Å². The van der Waals surface area contributed by atoms with Gasteiger partial charge in [0.2, 0.25) is 0 Å². The number of carboxylic acid groups (broad SMARTS) is 1. The van der Waals surface area contributed by atoms with E-state index in [0.29, 0.717) is 6.54 Å². The Bertz CT molecular complexity index is 340. The van der Waals surface area contributed by atoms with Gasteiger partial charge in [-0.15, -0.1) is 11.3 Å². The van der Waals surface area contributed by atoms with Crippen LogP contribution in [0, 0.1) is 0 Å². The number of aromatic nitrogens is 1. The molecule has 0 saturated carbocycles. The monoisotopic (exact) mass is 240 g/mol. The third kappa shape index (κ3) is 2.80. The van der Waals surface area contributed by atoms with Crippen LogP contribution in [0.3, 0.4) is 0 Å². The van der Waals surface area contributed by atoms with Crippen molar-refractivity contribution in [3.63, 3.8) is 0 Å². The molecule has 2 rings (SSSR count). The maximum Gasteiger partial charge on any atom is 0.320 e. The molecule has 1 saturated heterocycles. The maximum absolute atomic E-state index is 11.2. The summed E-state index contributed by atoms with van der Waals surface area (Å²) in [5, 5.41) is 11.2. The van der Waals surface area contributed by atoms with E-state index in [-0.39, 0.29) is 6.04 Å². The molecule has 1 unspecified atom stereocenters. The lowest BCUT2D eigenvalue weighted by atomic mass is 10.1. The Labute approximate surface area is 98.9 Å². The van der Waals surface area contributed by atoms with Gasteiger partial charge in [0.15, 0.2) is 0 Å². The van der Waals surface area contributed by atoms with E-state index >= 15 is 0 Å². The van der Waals surface area contributed by atoms with Crippen molar-refractivity contribution in [1.82, 2.24) is 9.88 Å². The Morgan fingerprint density at radius 3 is 3.12 bits per heavy atom. The third-order valence-electron chi connectivity index (χ3n) is 3.00. The summed E-state index contributed by atoms with van der Waals surface area (Å²) in [5.41, 5.74) is 2.78. The van der Waals surface area contributed by atoms with Crippen LogP contribution in [0.2, 0.25) is 0 Å². The van der Waals surface area contributed by atoms with Gasteiger partial charge in [-0.1, -0.05) is 12.8 Å². The van der Waals surface area contributed by atoms with Gasteiger partial charge in [0.1, 0.15) is 6.04 Å². The average Bonchev–Trinajstić information content (AvgIpc) is 2.63. The van der Waals surface area contributed by atoms with Gasteiger partial charge in [-0.05, 0) is 19.4 Å². The van der Waals surface area contributed by atoms with Gasteiger partial charge >= 0.3 is 5.97 Å². The lowest BCUT2D eigenvalue weighted by Crippen LogP contribution is -2.40. The van der Waals surface area contributed by atoms with Crippen LogP contribution in [-0.4, -0.2) is 33.5 Å². The van der Waals surface area contributed by atoms with Crippen LogP contribution in [0.1, 0.15) is 31.4 Å². The Morgan fingerprint density at radius 1 is 1.56 bits per heavy atom. The number of thiazole rings is 1. The van der Waals surface area contributed by atoms with E-state index in [1.807, 2.05) is 10.3 Å². The van der Waals surface area contributed by atoms with Crippen LogP contribution < -0.4 is 0 Å². The minimum Gasteiger partial charge on any atom is -0.480 e. The first-order chi connectivity index (χ1) is 7.77. The summed E-state index contributed by atoms with van der Waals surface area (Å²) in [6, 6.07) is -0.329. The first kappa shape index (κ1) is 11.5. The van der Waals surface area contributed by atoms with Crippen molar-refractivity contribution in [3.8, 4) is 0 Å².